The van der Waals surface area contributed by atoms with Gasteiger partial charge in [-0.2, -0.15) is 0 Å². The maximum atomic E-state index is 12.1. The summed E-state index contributed by atoms with van der Waals surface area (Å²) in [5, 5.41) is 12.2. The van der Waals surface area contributed by atoms with Crippen LogP contribution in [0.5, 0.6) is 0 Å². The molecule has 2 N–H and O–H groups in total. The van der Waals surface area contributed by atoms with E-state index in [9.17, 15) is 14.7 Å². The molecular formula is C17H19NO4. The van der Waals surface area contributed by atoms with Crippen LogP contribution in [0.25, 0.3) is 0 Å². The number of aliphatic carboxylic acids is 1. The first-order valence-electron chi connectivity index (χ1n) is 7.50. The highest BCUT2D eigenvalue weighted by Gasteiger charge is 2.49. The molecule has 3 aliphatic rings. The Morgan fingerprint density at radius 1 is 1.32 bits per heavy atom. The predicted octanol–water partition coefficient (Wildman–Crippen LogP) is 2.72. The van der Waals surface area contributed by atoms with Crippen LogP contribution < -0.4 is 5.32 Å². The minimum atomic E-state index is -0.864. The summed E-state index contributed by atoms with van der Waals surface area (Å²) in [5.74, 6) is -1.14. The number of allylic oxidation sites excluding steroid dienone is 1. The highest BCUT2D eigenvalue weighted by Crippen LogP contribution is 2.43. The molecule has 1 aromatic rings. The monoisotopic (exact) mass is 301 g/mol. The second-order valence-corrected chi connectivity index (χ2v) is 6.01. The van der Waals surface area contributed by atoms with E-state index >= 15 is 0 Å². The van der Waals surface area contributed by atoms with Crippen molar-refractivity contribution >= 4 is 12.1 Å². The van der Waals surface area contributed by atoms with Crippen LogP contribution in [0.3, 0.4) is 0 Å². The number of fused-ring (bicyclic) bond motifs is 2. The topological polar surface area (TPSA) is 75.6 Å². The molecule has 1 aromatic carbocycles. The zero-order chi connectivity index (χ0) is 15.6. The molecule has 0 aliphatic heterocycles. The first-order valence-corrected chi connectivity index (χ1v) is 7.50. The Labute approximate surface area is 129 Å². The highest BCUT2D eigenvalue weighted by molar-refractivity contribution is 5.76. The van der Waals surface area contributed by atoms with Crippen molar-refractivity contribution in [2.24, 2.45) is 11.8 Å². The van der Waals surface area contributed by atoms with Crippen LogP contribution in [-0.2, 0) is 16.1 Å². The zero-order valence-electron chi connectivity index (χ0n) is 12.2. The van der Waals surface area contributed by atoms with Crippen LogP contribution in [0.2, 0.25) is 0 Å². The number of rotatable bonds is 4. The Kier molecular flexibility index (Phi) is 3.88. The minimum absolute atomic E-state index is 0.173. The van der Waals surface area contributed by atoms with Crippen molar-refractivity contribution in [1.29, 1.82) is 0 Å². The molecule has 0 spiro atoms. The summed E-state index contributed by atoms with van der Waals surface area (Å²) >= 11 is 0. The van der Waals surface area contributed by atoms with Gasteiger partial charge in [-0.3, -0.25) is 4.79 Å². The number of amides is 1. The van der Waals surface area contributed by atoms with Gasteiger partial charge in [0, 0.05) is 0 Å². The molecule has 1 amide bonds. The molecule has 1 fully saturated rings. The van der Waals surface area contributed by atoms with Crippen LogP contribution in [0.4, 0.5) is 4.79 Å². The van der Waals surface area contributed by atoms with Gasteiger partial charge >= 0.3 is 12.1 Å². The van der Waals surface area contributed by atoms with Crippen molar-refractivity contribution in [3.8, 4) is 0 Å². The first kappa shape index (κ1) is 14.6. The first-order chi connectivity index (χ1) is 10.6. The largest absolute Gasteiger partial charge is 0.481 e. The van der Waals surface area contributed by atoms with E-state index in [1.54, 1.807) is 0 Å². The van der Waals surface area contributed by atoms with Gasteiger partial charge in [0.05, 0.1) is 11.5 Å². The summed E-state index contributed by atoms with van der Waals surface area (Å²) in [6.45, 7) is 0.173. The summed E-state index contributed by atoms with van der Waals surface area (Å²) in [5.41, 5.74) is 0.0850. The van der Waals surface area contributed by atoms with E-state index in [1.807, 2.05) is 42.5 Å². The van der Waals surface area contributed by atoms with E-state index in [2.05, 4.69) is 5.32 Å². The quantitative estimate of drug-likeness (QED) is 0.838. The number of hydrogen-bond donors (Lipinski definition) is 2. The number of ether oxygens (including phenoxy) is 1. The van der Waals surface area contributed by atoms with Crippen molar-refractivity contribution in [1.82, 2.24) is 5.32 Å². The van der Waals surface area contributed by atoms with Crippen molar-refractivity contribution in [3.63, 3.8) is 0 Å². The lowest BCUT2D eigenvalue weighted by molar-refractivity contribution is -0.146. The molecule has 0 unspecified atom stereocenters. The Hall–Kier alpha value is -2.30. The van der Waals surface area contributed by atoms with E-state index in [1.165, 1.54) is 0 Å². The minimum Gasteiger partial charge on any atom is -0.481 e. The lowest BCUT2D eigenvalue weighted by atomic mass is 9.64. The van der Waals surface area contributed by atoms with Crippen LogP contribution in [0, 0.1) is 11.8 Å². The molecular weight excluding hydrogens is 282 g/mol. The van der Waals surface area contributed by atoms with Crippen molar-refractivity contribution in [2.75, 3.05) is 0 Å². The molecule has 116 valence electrons. The second kappa shape index (κ2) is 5.83. The van der Waals surface area contributed by atoms with Gasteiger partial charge in [0.25, 0.3) is 0 Å². The van der Waals surface area contributed by atoms with Crippen molar-refractivity contribution < 1.29 is 19.4 Å². The van der Waals surface area contributed by atoms with E-state index in [-0.39, 0.29) is 6.61 Å². The van der Waals surface area contributed by atoms with E-state index in [0.717, 1.165) is 12.0 Å². The standard InChI is InChI=1S/C17H19NO4/c19-15(20)14-10-12-6-8-17(14,9-7-12)18-16(21)22-11-13-4-2-1-3-5-13/h1-6,8,12,14H,7,9-11H2,(H,18,21)(H,19,20)/t12-,14-,17-/m0/s1. The Balaban J connectivity index is 1.65. The van der Waals surface area contributed by atoms with Gasteiger partial charge in [-0.1, -0.05) is 42.5 Å². The molecule has 5 heteroatoms. The summed E-state index contributed by atoms with van der Waals surface area (Å²) in [7, 11) is 0. The molecule has 2 bridgehead atoms. The average molecular weight is 301 g/mol. The third-order valence-corrected chi connectivity index (χ3v) is 4.60. The highest BCUT2D eigenvalue weighted by atomic mass is 16.5. The number of alkyl carbamates (subject to hydrolysis) is 1. The van der Waals surface area contributed by atoms with Crippen LogP contribution in [-0.4, -0.2) is 22.7 Å². The number of nitrogens with one attached hydrogen (secondary N) is 1. The molecule has 3 aliphatic carbocycles. The summed E-state index contributed by atoms with van der Waals surface area (Å²) in [6.07, 6.45) is 5.41. The summed E-state index contributed by atoms with van der Waals surface area (Å²) in [6, 6.07) is 9.39. The Morgan fingerprint density at radius 2 is 2.09 bits per heavy atom. The molecule has 0 aromatic heterocycles. The number of carbonyl (C=O) groups is 2. The molecule has 1 saturated carbocycles. The van der Waals surface area contributed by atoms with Gasteiger partial charge in [0.2, 0.25) is 0 Å². The number of hydrogen-bond acceptors (Lipinski definition) is 3. The molecule has 0 radical (unpaired) electrons. The lowest BCUT2D eigenvalue weighted by Gasteiger charge is -2.46. The van der Waals surface area contributed by atoms with Crippen LogP contribution in [0.1, 0.15) is 24.8 Å². The molecule has 5 nitrogen and oxygen atoms in total. The molecule has 0 heterocycles. The number of carboxylic acid groups (broad SMARTS) is 1. The summed E-state index contributed by atoms with van der Waals surface area (Å²) < 4.78 is 5.23. The van der Waals surface area contributed by atoms with E-state index in [4.69, 9.17) is 4.74 Å². The zero-order valence-corrected chi connectivity index (χ0v) is 12.2. The predicted molar refractivity (Wildman–Crippen MR) is 80.1 cm³/mol. The van der Waals surface area contributed by atoms with Gasteiger partial charge in [-0.05, 0) is 30.7 Å². The van der Waals surface area contributed by atoms with E-state index < -0.39 is 23.5 Å². The molecule has 22 heavy (non-hydrogen) atoms. The number of carboxylic acids is 1. The van der Waals surface area contributed by atoms with Crippen molar-refractivity contribution in [3.05, 3.63) is 48.0 Å². The second-order valence-electron chi connectivity index (χ2n) is 6.01. The lowest BCUT2D eigenvalue weighted by Crippen LogP contribution is -2.59. The van der Waals surface area contributed by atoms with Gasteiger partial charge in [-0.25, -0.2) is 4.79 Å². The van der Waals surface area contributed by atoms with E-state index in [0.29, 0.717) is 18.8 Å². The number of benzene rings is 1. The molecule has 4 rings (SSSR count). The average Bonchev–Trinajstić information content (AvgIpc) is 2.54. The van der Waals surface area contributed by atoms with Gasteiger partial charge in [0.1, 0.15) is 6.61 Å². The molecule has 3 atom stereocenters. The fourth-order valence-corrected chi connectivity index (χ4v) is 3.37. The fraction of sp³-hybridized carbons (Fsp3) is 0.412. The normalized spacial score (nSPS) is 29.1. The number of carbonyl (C=O) groups excluding carboxylic acids is 1. The van der Waals surface area contributed by atoms with Crippen LogP contribution in [0.15, 0.2) is 42.5 Å². The third kappa shape index (κ3) is 2.84. The van der Waals surface area contributed by atoms with Crippen LogP contribution >= 0.6 is 0 Å². The van der Waals surface area contributed by atoms with Gasteiger partial charge < -0.3 is 15.2 Å². The van der Waals surface area contributed by atoms with Gasteiger partial charge in [-0.15, -0.1) is 0 Å². The van der Waals surface area contributed by atoms with Gasteiger partial charge in [0.15, 0.2) is 0 Å². The van der Waals surface area contributed by atoms with Crippen molar-refractivity contribution in [2.45, 2.75) is 31.4 Å². The third-order valence-electron chi connectivity index (χ3n) is 4.60. The Morgan fingerprint density at radius 3 is 2.73 bits per heavy atom. The molecule has 0 saturated heterocycles. The SMILES string of the molecule is O=C(N[C@@]12C=C[C@@H](CC1)C[C@H]2C(=O)O)OCc1ccccc1. The maximum absolute atomic E-state index is 12.1. The Bertz CT molecular complexity index is 598. The summed E-state index contributed by atoms with van der Waals surface area (Å²) in [4.78, 5) is 23.6. The fourth-order valence-electron chi connectivity index (χ4n) is 3.37. The smallest absolute Gasteiger partial charge is 0.408 e. The maximum Gasteiger partial charge on any atom is 0.408 e.